The SMILES string of the molecule is C[C@@H]1CCC[C@H](C)N1C(=O)c1nn2c(c1Cl)N[C@H](c1ccco1)C[C@H]2C(F)(F)F. The van der Waals surface area contributed by atoms with Gasteiger partial charge in [0.15, 0.2) is 11.7 Å². The highest BCUT2D eigenvalue weighted by Crippen LogP contribution is 2.46. The summed E-state index contributed by atoms with van der Waals surface area (Å²) < 4.78 is 47.5. The second-order valence-corrected chi connectivity index (χ2v) is 8.18. The van der Waals surface area contributed by atoms with Crippen LogP contribution in [0.3, 0.4) is 0 Å². The maximum Gasteiger partial charge on any atom is 0.410 e. The average molecular weight is 431 g/mol. The van der Waals surface area contributed by atoms with Crippen LogP contribution in [0.25, 0.3) is 0 Å². The lowest BCUT2D eigenvalue weighted by Gasteiger charge is -2.38. The van der Waals surface area contributed by atoms with Crippen LogP contribution in [0.5, 0.6) is 0 Å². The summed E-state index contributed by atoms with van der Waals surface area (Å²) in [4.78, 5) is 14.8. The van der Waals surface area contributed by atoms with E-state index in [4.69, 9.17) is 16.0 Å². The van der Waals surface area contributed by atoms with E-state index in [1.165, 1.54) is 6.26 Å². The minimum atomic E-state index is -4.55. The normalized spacial score (nSPS) is 27.4. The second kappa shape index (κ2) is 7.27. The average Bonchev–Trinajstić information content (AvgIpc) is 3.28. The van der Waals surface area contributed by atoms with Crippen molar-refractivity contribution < 1.29 is 22.4 Å². The standard InChI is InChI=1S/C19H22ClF3N4O2/c1-10-5-3-6-11(2)26(10)18(28)16-15(20)17-24-12(13-7-4-8-29-13)9-14(19(21,22)23)27(17)25-16/h4,7-8,10-12,14,24H,3,5-6,9H2,1-2H3/t10-,11+,12-,14-/m0/s1. The van der Waals surface area contributed by atoms with Crippen molar-refractivity contribution in [2.75, 3.05) is 5.32 Å². The van der Waals surface area contributed by atoms with Crippen LogP contribution >= 0.6 is 11.6 Å². The molecule has 4 atom stereocenters. The summed E-state index contributed by atoms with van der Waals surface area (Å²) in [7, 11) is 0. The number of piperidine rings is 1. The van der Waals surface area contributed by atoms with Crippen LogP contribution in [0.1, 0.15) is 67.9 Å². The van der Waals surface area contributed by atoms with Gasteiger partial charge in [-0.15, -0.1) is 0 Å². The molecule has 1 fully saturated rings. The maximum absolute atomic E-state index is 13.8. The number of anilines is 1. The molecule has 10 heteroatoms. The number of fused-ring (bicyclic) bond motifs is 1. The molecule has 2 aromatic heterocycles. The number of hydrogen-bond acceptors (Lipinski definition) is 4. The van der Waals surface area contributed by atoms with Gasteiger partial charge in [-0.1, -0.05) is 11.6 Å². The van der Waals surface area contributed by atoms with Crippen molar-refractivity contribution in [3.05, 3.63) is 34.9 Å². The van der Waals surface area contributed by atoms with E-state index < -0.39 is 24.2 Å². The number of nitrogens with zero attached hydrogens (tertiary/aromatic N) is 3. The number of hydrogen-bond donors (Lipinski definition) is 1. The van der Waals surface area contributed by atoms with Gasteiger partial charge in [0.05, 0.1) is 12.3 Å². The summed E-state index contributed by atoms with van der Waals surface area (Å²) in [5.41, 5.74) is -0.149. The zero-order valence-corrected chi connectivity index (χ0v) is 16.8. The fraction of sp³-hybridized carbons (Fsp3) is 0.579. The van der Waals surface area contributed by atoms with Crippen molar-refractivity contribution in [2.45, 2.75) is 69.9 Å². The first kappa shape index (κ1) is 20.1. The molecule has 2 aliphatic rings. The molecule has 2 aliphatic heterocycles. The lowest BCUT2D eigenvalue weighted by atomic mass is 9.97. The van der Waals surface area contributed by atoms with Gasteiger partial charge in [0.2, 0.25) is 0 Å². The van der Waals surface area contributed by atoms with Crippen LogP contribution in [0.4, 0.5) is 19.0 Å². The molecule has 0 unspecified atom stereocenters. The Morgan fingerprint density at radius 2 is 2.00 bits per heavy atom. The Bertz CT molecular complexity index is 886. The van der Waals surface area contributed by atoms with Crippen molar-refractivity contribution in [3.8, 4) is 0 Å². The van der Waals surface area contributed by atoms with Crippen molar-refractivity contribution in [1.82, 2.24) is 14.7 Å². The molecule has 158 valence electrons. The number of halogens is 4. The zero-order chi connectivity index (χ0) is 20.9. The zero-order valence-electron chi connectivity index (χ0n) is 16.0. The summed E-state index contributed by atoms with van der Waals surface area (Å²) in [5.74, 6) is -0.0786. The number of alkyl halides is 3. The molecule has 1 saturated heterocycles. The highest BCUT2D eigenvalue weighted by molar-refractivity contribution is 6.36. The molecule has 2 aromatic rings. The monoisotopic (exact) mass is 430 g/mol. The topological polar surface area (TPSA) is 63.3 Å². The van der Waals surface area contributed by atoms with Crippen LogP contribution in [0.2, 0.25) is 5.02 Å². The van der Waals surface area contributed by atoms with Crippen molar-refractivity contribution in [3.63, 3.8) is 0 Å². The third kappa shape index (κ3) is 3.49. The molecule has 1 amide bonds. The summed E-state index contributed by atoms with van der Waals surface area (Å²) in [6.07, 6.45) is -0.783. The number of nitrogens with one attached hydrogen (secondary N) is 1. The molecular weight excluding hydrogens is 409 g/mol. The fourth-order valence-electron chi connectivity index (χ4n) is 4.35. The number of rotatable bonds is 2. The Morgan fingerprint density at radius 3 is 2.59 bits per heavy atom. The fourth-order valence-corrected chi connectivity index (χ4v) is 4.61. The number of likely N-dealkylation sites (tertiary alicyclic amines) is 1. The molecule has 29 heavy (non-hydrogen) atoms. The smallest absolute Gasteiger partial charge is 0.410 e. The summed E-state index contributed by atoms with van der Waals surface area (Å²) in [5, 5.41) is 6.92. The third-order valence-electron chi connectivity index (χ3n) is 5.81. The molecule has 0 radical (unpaired) electrons. The van der Waals surface area contributed by atoms with E-state index in [9.17, 15) is 18.0 Å². The van der Waals surface area contributed by atoms with Gasteiger partial charge in [-0.05, 0) is 45.2 Å². The van der Waals surface area contributed by atoms with Crippen LogP contribution in [-0.4, -0.2) is 38.8 Å². The lowest BCUT2D eigenvalue weighted by molar-refractivity contribution is -0.174. The molecule has 1 N–H and O–H groups in total. The minimum absolute atomic E-state index is 0.0118. The number of carbonyl (C=O) groups excluding carboxylic acids is 1. The Kier molecular flexibility index (Phi) is 5.04. The van der Waals surface area contributed by atoms with Gasteiger partial charge >= 0.3 is 6.18 Å². The number of aromatic nitrogens is 2. The third-order valence-corrected chi connectivity index (χ3v) is 6.17. The first-order chi connectivity index (χ1) is 13.7. The molecule has 0 aliphatic carbocycles. The molecule has 6 nitrogen and oxygen atoms in total. The predicted octanol–water partition coefficient (Wildman–Crippen LogP) is 5.19. The highest BCUT2D eigenvalue weighted by Gasteiger charge is 2.48. The quantitative estimate of drug-likeness (QED) is 0.711. The molecular formula is C19H22ClF3N4O2. The van der Waals surface area contributed by atoms with E-state index in [1.807, 2.05) is 13.8 Å². The molecule has 0 spiro atoms. The van der Waals surface area contributed by atoms with E-state index in [0.29, 0.717) is 5.76 Å². The number of carbonyl (C=O) groups is 1. The Labute approximate surface area is 171 Å². The van der Waals surface area contributed by atoms with Crippen molar-refractivity contribution in [1.29, 1.82) is 0 Å². The Balaban J connectivity index is 1.74. The molecule has 0 aromatic carbocycles. The van der Waals surface area contributed by atoms with Gasteiger partial charge < -0.3 is 14.6 Å². The summed E-state index contributed by atoms with van der Waals surface area (Å²) in [6, 6.07) is 0.528. The Morgan fingerprint density at radius 1 is 1.31 bits per heavy atom. The number of furan rings is 1. The predicted molar refractivity (Wildman–Crippen MR) is 101 cm³/mol. The van der Waals surface area contributed by atoms with E-state index in [0.717, 1.165) is 23.9 Å². The molecule has 0 saturated carbocycles. The lowest BCUT2D eigenvalue weighted by Crippen LogP contribution is -2.47. The van der Waals surface area contributed by atoms with Crippen LogP contribution in [0.15, 0.2) is 22.8 Å². The summed E-state index contributed by atoms with van der Waals surface area (Å²) in [6.45, 7) is 3.86. The van der Waals surface area contributed by atoms with Gasteiger partial charge in [0.1, 0.15) is 16.6 Å². The highest BCUT2D eigenvalue weighted by atomic mass is 35.5. The van der Waals surface area contributed by atoms with Gasteiger partial charge in [-0.25, -0.2) is 4.68 Å². The van der Waals surface area contributed by atoms with Crippen LogP contribution in [-0.2, 0) is 0 Å². The first-order valence-corrected chi connectivity index (χ1v) is 10.0. The Hall–Kier alpha value is -2.16. The molecule has 4 rings (SSSR count). The van der Waals surface area contributed by atoms with Crippen LogP contribution < -0.4 is 5.32 Å². The molecule has 4 heterocycles. The van der Waals surface area contributed by atoms with Crippen LogP contribution in [0, 0.1) is 0 Å². The maximum atomic E-state index is 13.8. The van der Waals surface area contributed by atoms with Crippen molar-refractivity contribution in [2.24, 2.45) is 0 Å². The number of amides is 1. The summed E-state index contributed by atoms with van der Waals surface area (Å²) >= 11 is 6.40. The minimum Gasteiger partial charge on any atom is -0.467 e. The first-order valence-electron chi connectivity index (χ1n) is 9.65. The van der Waals surface area contributed by atoms with Crippen molar-refractivity contribution >= 4 is 23.3 Å². The van der Waals surface area contributed by atoms with Gasteiger partial charge in [0, 0.05) is 18.5 Å². The van der Waals surface area contributed by atoms with E-state index in [1.54, 1.807) is 17.0 Å². The largest absolute Gasteiger partial charge is 0.467 e. The molecule has 0 bridgehead atoms. The van der Waals surface area contributed by atoms with E-state index in [-0.39, 0.29) is 35.0 Å². The van der Waals surface area contributed by atoms with E-state index >= 15 is 0 Å². The van der Waals surface area contributed by atoms with E-state index in [2.05, 4.69) is 10.4 Å². The second-order valence-electron chi connectivity index (χ2n) is 7.80. The van der Waals surface area contributed by atoms with Gasteiger partial charge in [-0.3, -0.25) is 4.79 Å². The van der Waals surface area contributed by atoms with Gasteiger partial charge in [0.25, 0.3) is 5.91 Å². The van der Waals surface area contributed by atoms with Gasteiger partial charge in [-0.2, -0.15) is 18.3 Å².